The Labute approximate surface area is 170 Å². The van der Waals surface area contributed by atoms with Crippen molar-refractivity contribution in [3.05, 3.63) is 54.1 Å². The van der Waals surface area contributed by atoms with Gasteiger partial charge < -0.3 is 4.74 Å². The van der Waals surface area contributed by atoms with E-state index < -0.39 is 0 Å². The third-order valence-electron chi connectivity index (χ3n) is 4.47. The highest BCUT2D eigenvalue weighted by Crippen LogP contribution is 2.32. The number of aromatic nitrogens is 3. The van der Waals surface area contributed by atoms with Crippen molar-refractivity contribution in [1.29, 1.82) is 0 Å². The van der Waals surface area contributed by atoms with Gasteiger partial charge in [-0.25, -0.2) is 0 Å². The Morgan fingerprint density at radius 1 is 1.11 bits per heavy atom. The summed E-state index contributed by atoms with van der Waals surface area (Å²) in [5, 5.41) is 9.72. The lowest BCUT2D eigenvalue weighted by Gasteiger charge is -2.17. The molecule has 28 heavy (non-hydrogen) atoms. The molecule has 1 heterocycles. The van der Waals surface area contributed by atoms with Gasteiger partial charge in [-0.3, -0.25) is 9.36 Å². The zero-order chi connectivity index (χ0) is 20.1. The van der Waals surface area contributed by atoms with Gasteiger partial charge in [0.2, 0.25) is 0 Å². The number of carbonyl (C=O) groups excluding carboxylic acids is 1. The maximum atomic E-state index is 11.4. The van der Waals surface area contributed by atoms with Crippen molar-refractivity contribution in [2.75, 3.05) is 12.9 Å². The molecule has 0 fully saturated rings. The van der Waals surface area contributed by atoms with E-state index in [9.17, 15) is 4.79 Å². The van der Waals surface area contributed by atoms with E-state index >= 15 is 0 Å². The summed E-state index contributed by atoms with van der Waals surface area (Å²) in [6.07, 6.45) is 0.515. The Morgan fingerprint density at radius 2 is 1.82 bits per heavy atom. The molecule has 1 aromatic heterocycles. The standard InChI is InChI=1S/C22H25N3O2S/c1-15(2)19-7-5-6-8-20(19)25-21(17-9-11-18(27-4)12-10-17)23-24-22(25)28-14-13-16(3)26/h5-12,15H,13-14H2,1-4H3. The van der Waals surface area contributed by atoms with E-state index in [1.165, 1.54) is 5.56 Å². The van der Waals surface area contributed by atoms with Gasteiger partial charge in [0, 0.05) is 17.7 Å². The third-order valence-corrected chi connectivity index (χ3v) is 5.40. The zero-order valence-corrected chi connectivity index (χ0v) is 17.5. The van der Waals surface area contributed by atoms with Crippen LogP contribution >= 0.6 is 11.8 Å². The Morgan fingerprint density at radius 3 is 2.46 bits per heavy atom. The van der Waals surface area contributed by atoms with Gasteiger partial charge in [0.25, 0.3) is 0 Å². The maximum absolute atomic E-state index is 11.4. The van der Waals surface area contributed by atoms with Gasteiger partial charge >= 0.3 is 0 Å². The summed E-state index contributed by atoms with van der Waals surface area (Å²) in [5.41, 5.74) is 3.26. The monoisotopic (exact) mass is 395 g/mol. The highest BCUT2D eigenvalue weighted by molar-refractivity contribution is 7.99. The lowest BCUT2D eigenvalue weighted by Crippen LogP contribution is -2.05. The number of para-hydroxylation sites is 1. The van der Waals surface area contributed by atoms with Crippen LogP contribution < -0.4 is 4.74 Å². The van der Waals surface area contributed by atoms with E-state index in [0.717, 1.165) is 28.0 Å². The minimum atomic E-state index is 0.177. The lowest BCUT2D eigenvalue weighted by molar-refractivity contribution is -0.116. The van der Waals surface area contributed by atoms with Gasteiger partial charge in [-0.1, -0.05) is 43.8 Å². The number of hydrogen-bond donors (Lipinski definition) is 0. The smallest absolute Gasteiger partial charge is 0.196 e. The summed E-state index contributed by atoms with van der Waals surface area (Å²) in [6, 6.07) is 16.1. The average molecular weight is 396 g/mol. The molecule has 0 aliphatic heterocycles. The van der Waals surface area contributed by atoms with Crippen molar-refractivity contribution in [2.24, 2.45) is 0 Å². The first kappa shape index (κ1) is 20.1. The molecule has 0 aliphatic carbocycles. The van der Waals surface area contributed by atoms with Gasteiger partial charge in [-0.15, -0.1) is 10.2 Å². The predicted molar refractivity (Wildman–Crippen MR) is 113 cm³/mol. The molecule has 3 rings (SSSR count). The van der Waals surface area contributed by atoms with E-state index in [4.69, 9.17) is 4.74 Å². The first-order valence-electron chi connectivity index (χ1n) is 9.32. The Balaban J connectivity index is 2.10. The number of benzene rings is 2. The summed E-state index contributed by atoms with van der Waals surface area (Å²) in [7, 11) is 1.65. The molecule has 0 saturated carbocycles. The van der Waals surface area contributed by atoms with E-state index in [1.807, 2.05) is 30.3 Å². The average Bonchev–Trinajstić information content (AvgIpc) is 3.11. The molecule has 146 valence electrons. The summed E-state index contributed by atoms with van der Waals surface area (Å²) in [4.78, 5) is 11.4. The normalized spacial score (nSPS) is 11.0. The molecule has 0 N–H and O–H groups in total. The van der Waals surface area contributed by atoms with Crippen LogP contribution in [0.5, 0.6) is 5.75 Å². The Hall–Kier alpha value is -2.60. The van der Waals surface area contributed by atoms with Crippen LogP contribution in [-0.4, -0.2) is 33.4 Å². The molecule has 6 heteroatoms. The van der Waals surface area contributed by atoms with E-state index in [1.54, 1.807) is 25.8 Å². The molecule has 0 radical (unpaired) electrons. The fourth-order valence-electron chi connectivity index (χ4n) is 2.97. The van der Waals surface area contributed by atoms with Crippen LogP contribution in [0.25, 0.3) is 17.1 Å². The predicted octanol–water partition coefficient (Wildman–Crippen LogP) is 5.14. The van der Waals surface area contributed by atoms with Crippen LogP contribution in [0.15, 0.2) is 53.7 Å². The van der Waals surface area contributed by atoms with Gasteiger partial charge in [0.05, 0.1) is 12.8 Å². The van der Waals surface area contributed by atoms with Crippen LogP contribution in [0, 0.1) is 0 Å². The molecule has 5 nitrogen and oxygen atoms in total. The maximum Gasteiger partial charge on any atom is 0.196 e. The van der Waals surface area contributed by atoms with Crippen molar-refractivity contribution in [3.63, 3.8) is 0 Å². The molecular weight excluding hydrogens is 370 g/mol. The second-order valence-corrected chi connectivity index (χ2v) is 7.95. The summed E-state index contributed by atoms with van der Waals surface area (Å²) in [5.74, 6) is 2.79. The highest BCUT2D eigenvalue weighted by Gasteiger charge is 2.19. The zero-order valence-electron chi connectivity index (χ0n) is 16.7. The molecule has 0 atom stereocenters. The van der Waals surface area contributed by atoms with Crippen molar-refractivity contribution in [3.8, 4) is 22.8 Å². The van der Waals surface area contributed by atoms with Crippen LogP contribution in [0.3, 0.4) is 0 Å². The fraction of sp³-hybridized carbons (Fsp3) is 0.318. The Bertz CT molecular complexity index is 949. The lowest BCUT2D eigenvalue weighted by atomic mass is 10.0. The number of methoxy groups -OCH3 is 1. The van der Waals surface area contributed by atoms with Crippen molar-refractivity contribution >= 4 is 17.5 Å². The molecule has 3 aromatic rings. The molecule has 0 amide bonds. The number of Topliss-reactive ketones (excluding diaryl/α,β-unsaturated/α-hetero) is 1. The van der Waals surface area contributed by atoms with Crippen molar-refractivity contribution < 1.29 is 9.53 Å². The van der Waals surface area contributed by atoms with E-state index in [0.29, 0.717) is 18.1 Å². The number of rotatable bonds is 8. The third kappa shape index (κ3) is 4.44. The number of carbonyl (C=O) groups is 1. The quantitative estimate of drug-likeness (QED) is 0.495. The number of nitrogens with zero attached hydrogens (tertiary/aromatic N) is 3. The molecule has 0 saturated heterocycles. The molecular formula is C22H25N3O2S. The number of hydrogen-bond acceptors (Lipinski definition) is 5. The van der Waals surface area contributed by atoms with Crippen molar-refractivity contribution in [1.82, 2.24) is 14.8 Å². The molecule has 0 spiro atoms. The van der Waals surface area contributed by atoms with Gasteiger partial charge in [0.1, 0.15) is 11.5 Å². The fourth-order valence-corrected chi connectivity index (χ4v) is 3.96. The molecule has 2 aromatic carbocycles. The minimum absolute atomic E-state index is 0.177. The second kappa shape index (κ2) is 9.06. The van der Waals surface area contributed by atoms with Crippen LogP contribution in [0.4, 0.5) is 0 Å². The summed E-state index contributed by atoms with van der Waals surface area (Å²) in [6.45, 7) is 5.97. The second-order valence-electron chi connectivity index (χ2n) is 6.88. The number of ketones is 1. The van der Waals surface area contributed by atoms with Crippen LogP contribution in [0.1, 0.15) is 38.7 Å². The molecule has 0 bridgehead atoms. The highest BCUT2D eigenvalue weighted by atomic mass is 32.2. The van der Waals surface area contributed by atoms with Crippen LogP contribution in [-0.2, 0) is 4.79 Å². The first-order chi connectivity index (χ1) is 13.5. The van der Waals surface area contributed by atoms with Crippen LogP contribution in [0.2, 0.25) is 0 Å². The summed E-state index contributed by atoms with van der Waals surface area (Å²) < 4.78 is 7.37. The molecule has 0 unspecified atom stereocenters. The Kier molecular flexibility index (Phi) is 6.52. The largest absolute Gasteiger partial charge is 0.497 e. The van der Waals surface area contributed by atoms with Gasteiger partial charge in [-0.05, 0) is 48.7 Å². The number of thioether (sulfide) groups is 1. The van der Waals surface area contributed by atoms with E-state index in [2.05, 4.69) is 46.8 Å². The summed E-state index contributed by atoms with van der Waals surface area (Å²) >= 11 is 1.56. The SMILES string of the molecule is COc1ccc(-c2nnc(SCCC(C)=O)n2-c2ccccc2C(C)C)cc1. The van der Waals surface area contributed by atoms with E-state index in [-0.39, 0.29) is 5.78 Å². The number of ether oxygens (including phenoxy) is 1. The van der Waals surface area contributed by atoms with Crippen molar-refractivity contribution in [2.45, 2.75) is 38.3 Å². The molecule has 0 aliphatic rings. The topological polar surface area (TPSA) is 57.0 Å². The van der Waals surface area contributed by atoms with Gasteiger partial charge in [-0.2, -0.15) is 0 Å². The van der Waals surface area contributed by atoms with Gasteiger partial charge in [0.15, 0.2) is 11.0 Å². The minimum Gasteiger partial charge on any atom is -0.497 e. The first-order valence-corrected chi connectivity index (χ1v) is 10.3.